The van der Waals surface area contributed by atoms with Crippen LogP contribution in [-0.2, 0) is 18.2 Å². The zero-order chi connectivity index (χ0) is 21.4. The summed E-state index contributed by atoms with van der Waals surface area (Å²) < 4.78 is 18.7. The number of ketones is 1. The Balaban J connectivity index is 0.000000281. The van der Waals surface area contributed by atoms with Crippen molar-refractivity contribution in [2.75, 3.05) is 7.11 Å². The number of hydrogen-bond acceptors (Lipinski definition) is 5. The lowest BCUT2D eigenvalue weighted by atomic mass is 10.1. The predicted molar refractivity (Wildman–Crippen MR) is 105 cm³/mol. The van der Waals surface area contributed by atoms with Crippen molar-refractivity contribution in [1.82, 2.24) is 19.4 Å². The molecule has 0 unspecified atom stereocenters. The summed E-state index contributed by atoms with van der Waals surface area (Å²) >= 11 is 0. The Labute approximate surface area is 164 Å². The van der Waals surface area contributed by atoms with Gasteiger partial charge in [-0.2, -0.15) is 9.31 Å². The molecule has 0 aliphatic rings. The molecule has 0 aliphatic heterocycles. The lowest BCUT2D eigenvalue weighted by molar-refractivity contribution is 0.0586. The van der Waals surface area contributed by atoms with Crippen molar-refractivity contribution >= 4 is 17.5 Å². The minimum Gasteiger partial charge on any atom is -0.464 e. The first-order chi connectivity index (χ1) is 13.3. The van der Waals surface area contributed by atoms with Crippen molar-refractivity contribution in [3.63, 3.8) is 0 Å². The Morgan fingerprint density at radius 3 is 2.32 bits per heavy atom. The van der Waals surface area contributed by atoms with E-state index in [2.05, 4.69) is 21.7 Å². The maximum Gasteiger partial charge on any atom is 0.356 e. The summed E-state index contributed by atoms with van der Waals surface area (Å²) in [6.07, 6.45) is 0.973. The van der Waals surface area contributed by atoms with Gasteiger partial charge in [0.25, 0.3) is 5.78 Å². The van der Waals surface area contributed by atoms with Crippen molar-refractivity contribution < 1.29 is 18.7 Å². The molecular formula is C20H27FN4O3. The van der Waals surface area contributed by atoms with Gasteiger partial charge >= 0.3 is 5.97 Å². The average Bonchev–Trinajstić information content (AvgIpc) is 2.69. The number of aryl methyl sites for hydroxylation is 3. The van der Waals surface area contributed by atoms with E-state index in [1.165, 1.54) is 41.0 Å². The molecule has 8 heteroatoms. The van der Waals surface area contributed by atoms with Gasteiger partial charge in [-0.1, -0.05) is 32.9 Å². The van der Waals surface area contributed by atoms with Gasteiger partial charge in [0.15, 0.2) is 11.5 Å². The van der Waals surface area contributed by atoms with Crippen LogP contribution in [0.15, 0.2) is 24.3 Å². The number of aromatic nitrogens is 4. The second-order valence-electron chi connectivity index (χ2n) is 5.71. The Hall–Kier alpha value is -3.03. The third-order valence-electron chi connectivity index (χ3n) is 3.82. The van der Waals surface area contributed by atoms with Crippen LogP contribution < -0.4 is 0 Å². The van der Waals surface area contributed by atoms with Crippen molar-refractivity contribution in [3.05, 3.63) is 52.6 Å². The molecule has 0 radical (unpaired) electrons. The Morgan fingerprint density at radius 1 is 1.21 bits per heavy atom. The molecule has 0 amide bonds. The molecule has 0 saturated heterocycles. The predicted octanol–water partition coefficient (Wildman–Crippen LogP) is 3.78. The van der Waals surface area contributed by atoms with Crippen molar-refractivity contribution in [3.8, 4) is 0 Å². The molecule has 2 aromatic heterocycles. The summed E-state index contributed by atoms with van der Waals surface area (Å²) in [5, 5.41) is 3.93. The van der Waals surface area contributed by atoms with Gasteiger partial charge in [0.1, 0.15) is 11.5 Å². The number of Topliss-reactive ketones (excluding diaryl/α,β-unsaturated/α-hetero) is 1. The summed E-state index contributed by atoms with van der Waals surface area (Å²) in [4.78, 5) is 28.1. The highest BCUT2D eigenvalue weighted by atomic mass is 19.1. The molecule has 0 atom stereocenters. The maximum atomic E-state index is 12.6. The molecule has 2 heterocycles. The molecule has 3 aromatic rings. The van der Waals surface area contributed by atoms with Gasteiger partial charge in [0.2, 0.25) is 0 Å². The number of carbonyl (C=O) groups is 2. The molecule has 0 aliphatic carbocycles. The summed E-state index contributed by atoms with van der Waals surface area (Å²) in [5.74, 6) is -0.556. The smallest absolute Gasteiger partial charge is 0.356 e. The van der Waals surface area contributed by atoms with Crippen LogP contribution in [0.5, 0.6) is 0 Å². The highest BCUT2D eigenvalue weighted by Crippen LogP contribution is 2.10. The summed E-state index contributed by atoms with van der Waals surface area (Å²) in [5.41, 5.74) is 2.36. The summed E-state index contributed by atoms with van der Waals surface area (Å²) in [6, 6.07) is 6.62. The lowest BCUT2D eigenvalue weighted by Crippen LogP contribution is -2.26. The molecule has 152 valence electrons. The first-order valence-electron chi connectivity index (χ1n) is 9.05. The SMILES string of the molecule is CC.CCc1ccc(F)c(C)c1.COC(=O)c1cc(C(C)=O)nc2nn(C)n12. The van der Waals surface area contributed by atoms with E-state index in [4.69, 9.17) is 0 Å². The fourth-order valence-electron chi connectivity index (χ4n) is 2.33. The molecule has 7 nitrogen and oxygen atoms in total. The van der Waals surface area contributed by atoms with Gasteiger partial charge in [-0.05, 0) is 30.5 Å². The van der Waals surface area contributed by atoms with Crippen LogP contribution >= 0.6 is 0 Å². The van der Waals surface area contributed by atoms with E-state index in [1.54, 1.807) is 14.0 Å². The second-order valence-corrected chi connectivity index (χ2v) is 5.71. The topological polar surface area (TPSA) is 78.5 Å². The summed E-state index contributed by atoms with van der Waals surface area (Å²) in [6.45, 7) is 9.23. The van der Waals surface area contributed by atoms with Gasteiger partial charge in [-0.25, -0.2) is 14.2 Å². The van der Waals surface area contributed by atoms with Crippen LogP contribution in [0.1, 0.15) is 59.8 Å². The minimum atomic E-state index is -0.534. The number of carbonyl (C=O) groups excluding carboxylic acids is 2. The fourth-order valence-corrected chi connectivity index (χ4v) is 2.33. The monoisotopic (exact) mass is 390 g/mol. The third-order valence-corrected chi connectivity index (χ3v) is 3.82. The highest BCUT2D eigenvalue weighted by Gasteiger charge is 2.19. The summed E-state index contributed by atoms with van der Waals surface area (Å²) in [7, 11) is 2.94. The van der Waals surface area contributed by atoms with Gasteiger partial charge < -0.3 is 4.74 Å². The van der Waals surface area contributed by atoms with Crippen molar-refractivity contribution in [1.29, 1.82) is 0 Å². The van der Waals surface area contributed by atoms with E-state index in [0.717, 1.165) is 12.0 Å². The van der Waals surface area contributed by atoms with Crippen molar-refractivity contribution in [2.45, 2.75) is 41.0 Å². The third kappa shape index (κ3) is 5.25. The van der Waals surface area contributed by atoms with Crippen LogP contribution in [0.4, 0.5) is 4.39 Å². The minimum absolute atomic E-state index is 0.114. The standard InChI is InChI=1S/C9H11F.C9H10N4O3.C2H6/c1-3-8-4-5-9(10)7(2)6-8;1-5(14)6-4-7(8(15)16-3)13-9(10-6)11-12(13)2;1-2/h4-6H,3H2,1-2H3;4H,1-3H3;1-2H3. The number of rotatable bonds is 3. The number of halogens is 1. The van der Waals surface area contributed by atoms with E-state index in [9.17, 15) is 14.0 Å². The Kier molecular flexibility index (Phi) is 8.50. The van der Waals surface area contributed by atoms with E-state index in [1.807, 2.05) is 26.0 Å². The highest BCUT2D eigenvalue weighted by molar-refractivity contribution is 5.96. The molecule has 0 bridgehead atoms. The molecule has 0 fully saturated rings. The second kappa shape index (κ2) is 10.3. The molecule has 0 spiro atoms. The number of hydrogen-bond donors (Lipinski definition) is 0. The van der Waals surface area contributed by atoms with Crippen molar-refractivity contribution in [2.24, 2.45) is 7.05 Å². The zero-order valence-corrected chi connectivity index (χ0v) is 17.4. The van der Waals surface area contributed by atoms with Gasteiger partial charge in [0.05, 0.1) is 7.11 Å². The van der Waals surface area contributed by atoms with Crippen LogP contribution in [0.25, 0.3) is 5.78 Å². The van der Waals surface area contributed by atoms with Gasteiger partial charge in [-0.15, -0.1) is 5.10 Å². The molecule has 3 rings (SSSR count). The zero-order valence-electron chi connectivity index (χ0n) is 17.4. The first-order valence-corrected chi connectivity index (χ1v) is 9.05. The Bertz CT molecular complexity index is 960. The molecule has 0 N–H and O–H groups in total. The maximum absolute atomic E-state index is 12.6. The number of benzene rings is 1. The van der Waals surface area contributed by atoms with Crippen LogP contribution in [0, 0.1) is 12.7 Å². The average molecular weight is 390 g/mol. The largest absolute Gasteiger partial charge is 0.464 e. The molecule has 28 heavy (non-hydrogen) atoms. The number of nitrogens with zero attached hydrogens (tertiary/aromatic N) is 4. The van der Waals surface area contributed by atoms with E-state index < -0.39 is 5.97 Å². The van der Waals surface area contributed by atoms with Gasteiger partial charge in [0, 0.05) is 20.0 Å². The quantitative estimate of drug-likeness (QED) is 0.502. The van der Waals surface area contributed by atoms with E-state index >= 15 is 0 Å². The number of esters is 1. The molecular weight excluding hydrogens is 363 g/mol. The molecule has 1 aromatic carbocycles. The van der Waals surface area contributed by atoms with Gasteiger partial charge in [-0.3, -0.25) is 4.79 Å². The first kappa shape index (κ1) is 23.0. The normalized spacial score (nSPS) is 9.86. The number of fused-ring (bicyclic) bond motifs is 1. The molecule has 0 saturated carbocycles. The van der Waals surface area contributed by atoms with Crippen LogP contribution in [-0.4, -0.2) is 38.3 Å². The number of ether oxygens (including phenoxy) is 1. The Morgan fingerprint density at radius 2 is 1.86 bits per heavy atom. The van der Waals surface area contributed by atoms with E-state index in [0.29, 0.717) is 5.78 Å². The van der Waals surface area contributed by atoms with E-state index in [-0.39, 0.29) is 23.0 Å². The number of methoxy groups -OCH3 is 1. The van der Waals surface area contributed by atoms with Crippen LogP contribution in [0.3, 0.4) is 0 Å². The fraction of sp³-hybridized carbons (Fsp3) is 0.400. The lowest BCUT2D eigenvalue weighted by Gasteiger charge is -2.15. The van der Waals surface area contributed by atoms with Crippen LogP contribution in [0.2, 0.25) is 0 Å².